The van der Waals surface area contributed by atoms with Crippen molar-refractivity contribution in [2.45, 2.75) is 18.2 Å². The molecule has 0 amide bonds. The maximum absolute atomic E-state index is 13.0. The molecule has 0 aliphatic carbocycles. The molecule has 0 bridgehead atoms. The van der Waals surface area contributed by atoms with E-state index in [1.165, 1.54) is 6.07 Å². The summed E-state index contributed by atoms with van der Waals surface area (Å²) in [6.07, 6.45) is 1.58. The highest BCUT2D eigenvalue weighted by atomic mass is 35.5. The molecule has 0 radical (unpaired) electrons. The van der Waals surface area contributed by atoms with Gasteiger partial charge in [0.25, 0.3) is 0 Å². The molecule has 1 atom stereocenters. The van der Waals surface area contributed by atoms with Gasteiger partial charge in [-0.25, -0.2) is 4.39 Å². The smallest absolute Gasteiger partial charge is 0.141 e. The van der Waals surface area contributed by atoms with E-state index in [2.05, 4.69) is 0 Å². The monoisotopic (exact) mass is 282 g/mol. The fourth-order valence-electron chi connectivity index (χ4n) is 1.82. The molecule has 2 rings (SSSR count). The first-order valence-corrected chi connectivity index (χ1v) is 6.61. The molecule has 1 unspecified atom stereocenters. The number of aryl methyl sites for hydroxylation is 1. The zero-order valence-electron chi connectivity index (χ0n) is 9.74. The molecule has 0 heterocycles. The SMILES string of the molecule is Fc1ccc(CCC(Cl)c2ccccc2)cc1Cl. The first-order chi connectivity index (χ1) is 8.66. The van der Waals surface area contributed by atoms with Crippen LogP contribution >= 0.6 is 23.2 Å². The molecule has 0 spiro atoms. The summed E-state index contributed by atoms with van der Waals surface area (Å²) in [5.41, 5.74) is 2.11. The Labute approximate surface area is 116 Å². The molecule has 3 heteroatoms. The lowest BCUT2D eigenvalue weighted by molar-refractivity contribution is 0.627. The van der Waals surface area contributed by atoms with Gasteiger partial charge in [-0.15, -0.1) is 11.6 Å². The van der Waals surface area contributed by atoms with Gasteiger partial charge >= 0.3 is 0 Å². The minimum absolute atomic E-state index is 0.0324. The van der Waals surface area contributed by atoms with E-state index in [-0.39, 0.29) is 16.2 Å². The van der Waals surface area contributed by atoms with Crippen LogP contribution in [0.2, 0.25) is 5.02 Å². The van der Waals surface area contributed by atoms with E-state index < -0.39 is 0 Å². The summed E-state index contributed by atoms with van der Waals surface area (Å²) in [6.45, 7) is 0. The van der Waals surface area contributed by atoms with Crippen LogP contribution in [0.25, 0.3) is 0 Å². The van der Waals surface area contributed by atoms with Gasteiger partial charge in [0, 0.05) is 0 Å². The normalized spacial score (nSPS) is 12.4. The number of hydrogen-bond donors (Lipinski definition) is 0. The molecule has 0 fully saturated rings. The van der Waals surface area contributed by atoms with Gasteiger partial charge in [0.05, 0.1) is 10.4 Å². The van der Waals surface area contributed by atoms with E-state index >= 15 is 0 Å². The van der Waals surface area contributed by atoms with Gasteiger partial charge in [-0.05, 0) is 36.1 Å². The fourth-order valence-corrected chi connectivity index (χ4v) is 2.27. The van der Waals surface area contributed by atoms with Crippen molar-refractivity contribution in [2.24, 2.45) is 0 Å². The van der Waals surface area contributed by atoms with E-state index in [1.807, 2.05) is 30.3 Å². The molecule has 0 nitrogen and oxygen atoms in total. The van der Waals surface area contributed by atoms with E-state index in [4.69, 9.17) is 23.2 Å². The zero-order chi connectivity index (χ0) is 13.0. The highest BCUT2D eigenvalue weighted by Crippen LogP contribution is 2.26. The molecule has 2 aromatic carbocycles. The average Bonchev–Trinajstić information content (AvgIpc) is 2.41. The van der Waals surface area contributed by atoms with E-state index in [0.717, 1.165) is 24.0 Å². The molecular weight excluding hydrogens is 270 g/mol. The van der Waals surface area contributed by atoms with Crippen molar-refractivity contribution in [3.8, 4) is 0 Å². The summed E-state index contributed by atoms with van der Waals surface area (Å²) in [7, 11) is 0. The van der Waals surface area contributed by atoms with Crippen LogP contribution in [0.1, 0.15) is 22.9 Å². The molecule has 18 heavy (non-hydrogen) atoms. The quantitative estimate of drug-likeness (QED) is 0.660. The second-order valence-electron chi connectivity index (χ2n) is 4.17. The third-order valence-electron chi connectivity index (χ3n) is 2.83. The highest BCUT2D eigenvalue weighted by molar-refractivity contribution is 6.30. The predicted molar refractivity (Wildman–Crippen MR) is 74.8 cm³/mol. The Hall–Kier alpha value is -1.05. The van der Waals surface area contributed by atoms with Gasteiger partial charge in [-0.2, -0.15) is 0 Å². The summed E-state index contributed by atoms with van der Waals surface area (Å²) in [5.74, 6) is -0.383. The molecular formula is C15H13Cl2F. The van der Waals surface area contributed by atoms with Crippen LogP contribution in [0.4, 0.5) is 4.39 Å². The first kappa shape index (κ1) is 13.4. The van der Waals surface area contributed by atoms with E-state index in [1.54, 1.807) is 12.1 Å². The largest absolute Gasteiger partial charge is 0.205 e. The number of benzene rings is 2. The average molecular weight is 283 g/mol. The summed E-state index contributed by atoms with van der Waals surface area (Å²) >= 11 is 12.1. The molecule has 0 N–H and O–H groups in total. The fraction of sp³-hybridized carbons (Fsp3) is 0.200. The van der Waals surface area contributed by atoms with Crippen molar-refractivity contribution in [3.63, 3.8) is 0 Å². The lowest BCUT2D eigenvalue weighted by atomic mass is 10.0. The van der Waals surface area contributed by atoms with Gasteiger partial charge in [0.1, 0.15) is 5.82 Å². The van der Waals surface area contributed by atoms with E-state index in [9.17, 15) is 4.39 Å². The molecule has 94 valence electrons. The topological polar surface area (TPSA) is 0 Å². The standard InChI is InChI=1S/C15H13Cl2F/c16-13(12-4-2-1-3-5-12)8-6-11-7-9-15(18)14(17)10-11/h1-5,7,9-10,13H,6,8H2. The Balaban J connectivity index is 1.97. The van der Waals surface area contributed by atoms with Gasteiger partial charge in [0.15, 0.2) is 0 Å². The van der Waals surface area contributed by atoms with E-state index in [0.29, 0.717) is 0 Å². The molecule has 2 aromatic rings. The highest BCUT2D eigenvalue weighted by Gasteiger charge is 2.08. The van der Waals surface area contributed by atoms with Crippen LogP contribution in [0.3, 0.4) is 0 Å². The van der Waals surface area contributed by atoms with Crippen molar-refractivity contribution in [2.75, 3.05) is 0 Å². The van der Waals surface area contributed by atoms with Gasteiger partial charge in [-0.1, -0.05) is 48.0 Å². The first-order valence-electron chi connectivity index (χ1n) is 5.80. The minimum atomic E-state index is -0.383. The van der Waals surface area contributed by atoms with Crippen molar-refractivity contribution < 1.29 is 4.39 Å². The summed E-state index contributed by atoms with van der Waals surface area (Å²) in [4.78, 5) is 0. The molecule has 0 aromatic heterocycles. The Morgan fingerprint density at radius 2 is 1.78 bits per heavy atom. The van der Waals surface area contributed by atoms with Crippen LogP contribution in [-0.2, 0) is 6.42 Å². The van der Waals surface area contributed by atoms with Gasteiger partial charge in [0.2, 0.25) is 0 Å². The Bertz CT molecular complexity index is 511. The van der Waals surface area contributed by atoms with Crippen LogP contribution < -0.4 is 0 Å². The Morgan fingerprint density at radius 1 is 1.06 bits per heavy atom. The zero-order valence-corrected chi connectivity index (χ0v) is 11.3. The molecule has 0 aliphatic heterocycles. The summed E-state index contributed by atoms with van der Waals surface area (Å²) in [5, 5.41) is 0.133. The summed E-state index contributed by atoms with van der Waals surface area (Å²) < 4.78 is 13.0. The maximum atomic E-state index is 13.0. The predicted octanol–water partition coefficient (Wildman–Crippen LogP) is 5.39. The number of halogens is 3. The maximum Gasteiger partial charge on any atom is 0.141 e. The molecule has 0 saturated carbocycles. The van der Waals surface area contributed by atoms with Crippen molar-refractivity contribution >= 4 is 23.2 Å². The Morgan fingerprint density at radius 3 is 2.44 bits per heavy atom. The minimum Gasteiger partial charge on any atom is -0.205 e. The van der Waals surface area contributed by atoms with Crippen LogP contribution in [0, 0.1) is 5.82 Å². The molecule has 0 aliphatic rings. The third-order valence-corrected chi connectivity index (χ3v) is 3.59. The lowest BCUT2D eigenvalue weighted by Crippen LogP contribution is -1.94. The Kier molecular flexibility index (Phi) is 4.62. The summed E-state index contributed by atoms with van der Waals surface area (Å²) in [6, 6.07) is 14.7. The second-order valence-corrected chi connectivity index (χ2v) is 5.10. The van der Waals surface area contributed by atoms with Crippen molar-refractivity contribution in [3.05, 3.63) is 70.5 Å². The van der Waals surface area contributed by atoms with Crippen LogP contribution in [0.15, 0.2) is 48.5 Å². The number of alkyl halides is 1. The van der Waals surface area contributed by atoms with Crippen molar-refractivity contribution in [1.82, 2.24) is 0 Å². The third kappa shape index (κ3) is 3.47. The van der Waals surface area contributed by atoms with Gasteiger partial charge < -0.3 is 0 Å². The lowest BCUT2D eigenvalue weighted by Gasteiger charge is -2.10. The van der Waals surface area contributed by atoms with Crippen LogP contribution in [-0.4, -0.2) is 0 Å². The number of rotatable bonds is 4. The second kappa shape index (κ2) is 6.21. The van der Waals surface area contributed by atoms with Gasteiger partial charge in [-0.3, -0.25) is 0 Å². The molecule has 0 saturated heterocycles. The van der Waals surface area contributed by atoms with Crippen molar-refractivity contribution in [1.29, 1.82) is 0 Å². The van der Waals surface area contributed by atoms with Crippen LogP contribution in [0.5, 0.6) is 0 Å². The number of hydrogen-bond acceptors (Lipinski definition) is 0.